The van der Waals surface area contributed by atoms with Crippen LogP contribution in [0.4, 0.5) is 8.78 Å². The zero-order valence-corrected chi connectivity index (χ0v) is 7.91. The molecule has 0 fully saturated rings. The molecule has 0 aromatic carbocycles. The van der Waals surface area contributed by atoms with Crippen LogP contribution in [0, 0.1) is 0 Å². The van der Waals surface area contributed by atoms with Gasteiger partial charge in [0, 0.05) is 6.42 Å². The van der Waals surface area contributed by atoms with E-state index in [4.69, 9.17) is 5.11 Å². The van der Waals surface area contributed by atoms with Crippen molar-refractivity contribution in [1.29, 1.82) is 0 Å². The van der Waals surface area contributed by atoms with Gasteiger partial charge in [-0.05, 0) is 0 Å². The Morgan fingerprint density at radius 2 is 2.18 bits per heavy atom. The zero-order valence-electron chi connectivity index (χ0n) is 5.43. The molecule has 0 amide bonds. The van der Waals surface area contributed by atoms with Gasteiger partial charge >= 0.3 is 5.97 Å². The van der Waals surface area contributed by atoms with E-state index >= 15 is 0 Å². The minimum absolute atomic E-state index is 0.537. The summed E-state index contributed by atoms with van der Waals surface area (Å²) >= 11 is 6.04. The molecule has 0 aliphatic carbocycles. The van der Waals surface area contributed by atoms with Crippen molar-refractivity contribution in [2.45, 2.75) is 17.6 Å². The Kier molecular flexibility index (Phi) is 4.31. The van der Waals surface area contributed by atoms with Gasteiger partial charge in [-0.3, -0.25) is 4.79 Å². The van der Waals surface area contributed by atoms with Crippen LogP contribution in [-0.2, 0) is 4.79 Å². The molecule has 6 heteroatoms. The maximum absolute atomic E-state index is 12.4. The highest BCUT2D eigenvalue weighted by molar-refractivity contribution is 9.09. The van der Waals surface area contributed by atoms with E-state index < -0.39 is 28.9 Å². The smallest absolute Gasteiger partial charge is 0.316 e. The highest BCUT2D eigenvalue weighted by Crippen LogP contribution is 2.24. The minimum atomic E-state index is -3.00. The molecule has 11 heavy (non-hydrogen) atoms. The number of aliphatic carboxylic acids is 1. The summed E-state index contributed by atoms with van der Waals surface area (Å²) in [6.07, 6.45) is -0.753. The maximum atomic E-state index is 12.4. The number of carbonyl (C=O) groups is 1. The fourth-order valence-corrected chi connectivity index (χ4v) is 0.921. The number of carboxylic acid groups (broad SMARTS) is 1. The molecule has 0 saturated carbocycles. The second-order valence-electron chi connectivity index (χ2n) is 2.05. The third kappa shape index (κ3) is 4.58. The minimum Gasteiger partial charge on any atom is -0.480 e. The summed E-state index contributed by atoms with van der Waals surface area (Å²) in [5, 5.41) is 6.38. The molecule has 0 saturated heterocycles. The number of halogens is 3. The van der Waals surface area contributed by atoms with Crippen LogP contribution >= 0.6 is 28.6 Å². The first kappa shape index (κ1) is 11.2. The second-order valence-corrected chi connectivity index (χ2v) is 3.23. The Balaban J connectivity index is 3.93. The predicted octanol–water partition coefficient (Wildman–Crippen LogP) is 1.79. The summed E-state index contributed by atoms with van der Waals surface area (Å²) in [6.45, 7) is 0. The standard InChI is InChI=1S/C5H7BrF2O2S/c6-2-5(7,8)1-3(11)4(9)10/h3,11H,1-2H2,(H,9,10)/t3-/m1/s1. The van der Waals surface area contributed by atoms with Gasteiger partial charge in [-0.1, -0.05) is 15.9 Å². The topological polar surface area (TPSA) is 37.3 Å². The van der Waals surface area contributed by atoms with E-state index in [0.717, 1.165) is 0 Å². The largest absolute Gasteiger partial charge is 0.480 e. The number of carboxylic acids is 1. The molecular weight excluding hydrogens is 242 g/mol. The average Bonchev–Trinajstić information content (AvgIpc) is 1.87. The molecule has 0 aliphatic heterocycles. The van der Waals surface area contributed by atoms with Crippen LogP contribution in [0.3, 0.4) is 0 Å². The summed E-state index contributed by atoms with van der Waals surface area (Å²) in [5.41, 5.74) is 0. The summed E-state index contributed by atoms with van der Waals surface area (Å²) in [4.78, 5) is 10.1. The van der Waals surface area contributed by atoms with Crippen LogP contribution in [0.5, 0.6) is 0 Å². The summed E-state index contributed by atoms with van der Waals surface area (Å²) in [6, 6.07) is 0. The van der Waals surface area contributed by atoms with E-state index in [1.165, 1.54) is 0 Å². The van der Waals surface area contributed by atoms with Crippen LogP contribution < -0.4 is 0 Å². The molecule has 0 aromatic rings. The molecule has 2 nitrogen and oxygen atoms in total. The van der Waals surface area contributed by atoms with Crippen LogP contribution in [0.25, 0.3) is 0 Å². The van der Waals surface area contributed by atoms with E-state index in [9.17, 15) is 13.6 Å². The van der Waals surface area contributed by atoms with Gasteiger partial charge in [0.25, 0.3) is 5.92 Å². The van der Waals surface area contributed by atoms with Gasteiger partial charge in [0.05, 0.1) is 5.33 Å². The fraction of sp³-hybridized carbons (Fsp3) is 0.800. The highest BCUT2D eigenvalue weighted by atomic mass is 79.9. The van der Waals surface area contributed by atoms with Gasteiger partial charge in [0.1, 0.15) is 5.25 Å². The first-order chi connectivity index (χ1) is 4.89. The lowest BCUT2D eigenvalue weighted by Crippen LogP contribution is -2.27. The lowest BCUT2D eigenvalue weighted by molar-refractivity contribution is -0.138. The molecule has 0 heterocycles. The van der Waals surface area contributed by atoms with Crippen molar-refractivity contribution in [3.8, 4) is 0 Å². The van der Waals surface area contributed by atoms with Crippen molar-refractivity contribution in [2.24, 2.45) is 0 Å². The van der Waals surface area contributed by atoms with E-state index in [1.807, 2.05) is 0 Å². The van der Waals surface area contributed by atoms with Crippen molar-refractivity contribution in [1.82, 2.24) is 0 Å². The number of rotatable bonds is 4. The number of thiol groups is 1. The normalized spacial score (nSPS) is 14.5. The van der Waals surface area contributed by atoms with Crippen LogP contribution in [0.15, 0.2) is 0 Å². The Bertz CT molecular complexity index is 153. The van der Waals surface area contributed by atoms with Crippen LogP contribution in [-0.4, -0.2) is 27.6 Å². The molecule has 0 rings (SSSR count). The first-order valence-electron chi connectivity index (χ1n) is 2.74. The fourth-order valence-electron chi connectivity index (χ4n) is 0.425. The number of hydrogen-bond donors (Lipinski definition) is 2. The van der Waals surface area contributed by atoms with E-state index in [0.29, 0.717) is 0 Å². The molecule has 0 radical (unpaired) electrons. The molecule has 0 unspecified atom stereocenters. The lowest BCUT2D eigenvalue weighted by Gasteiger charge is -2.14. The Morgan fingerprint density at radius 3 is 2.45 bits per heavy atom. The van der Waals surface area contributed by atoms with Gasteiger partial charge in [-0.25, -0.2) is 8.78 Å². The number of hydrogen-bond acceptors (Lipinski definition) is 2. The monoisotopic (exact) mass is 248 g/mol. The van der Waals surface area contributed by atoms with Crippen LogP contribution in [0.1, 0.15) is 6.42 Å². The third-order valence-corrected chi connectivity index (χ3v) is 2.20. The molecule has 0 spiro atoms. The van der Waals surface area contributed by atoms with Gasteiger partial charge < -0.3 is 5.11 Å². The molecule has 0 aliphatic rings. The van der Waals surface area contributed by atoms with Crippen molar-refractivity contribution < 1.29 is 18.7 Å². The highest BCUT2D eigenvalue weighted by Gasteiger charge is 2.32. The average molecular weight is 249 g/mol. The van der Waals surface area contributed by atoms with Crippen molar-refractivity contribution in [3.05, 3.63) is 0 Å². The van der Waals surface area contributed by atoms with Crippen molar-refractivity contribution >= 4 is 34.5 Å². The van der Waals surface area contributed by atoms with E-state index in [-0.39, 0.29) is 0 Å². The van der Waals surface area contributed by atoms with Crippen molar-refractivity contribution in [2.75, 3.05) is 5.33 Å². The quantitative estimate of drug-likeness (QED) is 0.588. The molecule has 1 atom stereocenters. The summed E-state index contributed by atoms with van der Waals surface area (Å²) in [5.74, 6) is -4.32. The molecule has 1 N–H and O–H groups in total. The predicted molar refractivity (Wildman–Crippen MR) is 43.8 cm³/mol. The van der Waals surface area contributed by atoms with E-state index in [2.05, 4.69) is 28.6 Å². The molecule has 66 valence electrons. The van der Waals surface area contributed by atoms with Gasteiger partial charge in [-0.2, -0.15) is 12.6 Å². The van der Waals surface area contributed by atoms with Crippen molar-refractivity contribution in [3.63, 3.8) is 0 Å². The number of alkyl halides is 3. The first-order valence-corrected chi connectivity index (χ1v) is 4.37. The maximum Gasteiger partial charge on any atom is 0.316 e. The molecular formula is C5H7BrF2O2S. The zero-order chi connectivity index (χ0) is 9.07. The van der Waals surface area contributed by atoms with Gasteiger partial charge in [0.15, 0.2) is 0 Å². The third-order valence-electron chi connectivity index (χ3n) is 0.973. The summed E-state index contributed by atoms with van der Waals surface area (Å²) in [7, 11) is 0. The summed E-state index contributed by atoms with van der Waals surface area (Å²) < 4.78 is 24.8. The Hall–Kier alpha value is 0.160. The van der Waals surface area contributed by atoms with Gasteiger partial charge in [-0.15, -0.1) is 0 Å². The Labute approximate surface area is 76.5 Å². The second kappa shape index (κ2) is 4.25. The van der Waals surface area contributed by atoms with Crippen LogP contribution in [0.2, 0.25) is 0 Å². The SMILES string of the molecule is O=C(O)[C@H](S)CC(F)(F)CBr. The van der Waals surface area contributed by atoms with Gasteiger partial charge in [0.2, 0.25) is 0 Å². The molecule has 0 aromatic heterocycles. The lowest BCUT2D eigenvalue weighted by atomic mass is 10.2. The van der Waals surface area contributed by atoms with E-state index in [1.54, 1.807) is 0 Å². The Morgan fingerprint density at radius 1 is 1.73 bits per heavy atom. The molecule has 0 bridgehead atoms.